The molecule has 0 amide bonds. The summed E-state index contributed by atoms with van der Waals surface area (Å²) in [7, 11) is 1.63. The summed E-state index contributed by atoms with van der Waals surface area (Å²) in [5.74, 6) is -2.07. The Morgan fingerprint density at radius 3 is 2.24 bits per heavy atom. The van der Waals surface area contributed by atoms with Crippen molar-refractivity contribution in [3.8, 4) is 0 Å². The smallest absolute Gasteiger partial charge is 0.475 e. The van der Waals surface area contributed by atoms with Crippen LogP contribution < -0.4 is 21.5 Å². The number of anilines is 1. The molecule has 0 bridgehead atoms. The van der Waals surface area contributed by atoms with E-state index in [4.69, 9.17) is 14.9 Å². The van der Waals surface area contributed by atoms with Gasteiger partial charge in [0.25, 0.3) is 11.2 Å². The number of fused-ring (bicyclic) bond motifs is 1. The number of aryl methyl sites for hydroxylation is 2. The number of benzene rings is 1. The van der Waals surface area contributed by atoms with Crippen molar-refractivity contribution >= 4 is 28.8 Å². The van der Waals surface area contributed by atoms with Gasteiger partial charge in [0.2, 0.25) is 5.95 Å². The van der Waals surface area contributed by atoms with Crippen molar-refractivity contribution in [3.63, 3.8) is 0 Å². The summed E-state index contributed by atoms with van der Waals surface area (Å²) in [6.45, 7) is 7.82. The number of rotatable bonds is 7. The number of carboxylic acids is 1. The number of non-ortho nitro benzene ring substituents is 1. The van der Waals surface area contributed by atoms with Crippen LogP contribution in [0.5, 0.6) is 0 Å². The Morgan fingerprint density at radius 2 is 1.73 bits per heavy atom. The molecule has 0 spiro atoms. The summed E-state index contributed by atoms with van der Waals surface area (Å²) in [5.41, 5.74) is 1.89. The average Bonchev–Trinajstić information content (AvgIpc) is 3.31. The lowest BCUT2D eigenvalue weighted by Gasteiger charge is -2.28. The number of halogens is 3. The molecule has 1 saturated heterocycles. The van der Waals surface area contributed by atoms with Crippen LogP contribution in [0.4, 0.5) is 24.8 Å². The Bertz CT molecular complexity index is 1560. The van der Waals surface area contributed by atoms with E-state index in [0.717, 1.165) is 37.3 Å². The second-order valence-corrected chi connectivity index (χ2v) is 9.49. The van der Waals surface area contributed by atoms with E-state index < -0.39 is 22.8 Å². The molecule has 13 nitrogen and oxygen atoms in total. The Labute approximate surface area is 231 Å². The molecule has 0 unspecified atom stereocenters. The molecule has 16 heteroatoms. The highest BCUT2D eigenvalue weighted by molar-refractivity contribution is 5.75. The van der Waals surface area contributed by atoms with Crippen molar-refractivity contribution in [1.82, 2.24) is 24.0 Å². The molecule has 41 heavy (non-hydrogen) atoms. The maximum atomic E-state index is 13.6. The van der Waals surface area contributed by atoms with Crippen molar-refractivity contribution in [2.24, 2.45) is 7.05 Å². The number of aliphatic carboxylic acids is 1. The molecule has 1 fully saturated rings. The highest BCUT2D eigenvalue weighted by Crippen LogP contribution is 2.21. The monoisotopic (exact) mass is 581 g/mol. The number of allylic oxidation sites excluding steroid dienone is 2. The number of carbonyl (C=O) groups is 1. The largest absolute Gasteiger partial charge is 0.490 e. The molecule has 4 rings (SSSR count). The van der Waals surface area contributed by atoms with E-state index in [1.54, 1.807) is 19.2 Å². The average molecular weight is 582 g/mol. The first-order chi connectivity index (χ1) is 19.2. The molecule has 1 aliphatic heterocycles. The van der Waals surface area contributed by atoms with Gasteiger partial charge in [-0.25, -0.2) is 9.59 Å². The van der Waals surface area contributed by atoms with Gasteiger partial charge in [0.1, 0.15) is 0 Å². The number of piperazine rings is 1. The minimum Gasteiger partial charge on any atom is -0.475 e. The number of hydrogen-bond donors (Lipinski definition) is 2. The number of aromatic nitrogens is 4. The van der Waals surface area contributed by atoms with E-state index in [-0.39, 0.29) is 17.8 Å². The van der Waals surface area contributed by atoms with Gasteiger partial charge in [0.15, 0.2) is 11.2 Å². The van der Waals surface area contributed by atoms with E-state index in [9.17, 15) is 32.9 Å². The van der Waals surface area contributed by atoms with Gasteiger partial charge in [0.05, 0.1) is 4.92 Å². The molecule has 0 aliphatic carbocycles. The van der Waals surface area contributed by atoms with Gasteiger partial charge in [-0.2, -0.15) is 18.2 Å². The summed E-state index contributed by atoms with van der Waals surface area (Å²) in [5, 5.41) is 21.3. The topological polar surface area (TPSA) is 158 Å². The van der Waals surface area contributed by atoms with E-state index in [0.29, 0.717) is 30.1 Å². The minimum atomic E-state index is -5.08. The zero-order valence-electron chi connectivity index (χ0n) is 22.6. The molecular weight excluding hydrogens is 551 g/mol. The fourth-order valence-corrected chi connectivity index (χ4v) is 4.14. The predicted octanol–water partition coefficient (Wildman–Crippen LogP) is 2.06. The number of nitro groups is 1. The Balaban J connectivity index is 0.000000587. The quantitative estimate of drug-likeness (QED) is 0.242. The fraction of sp³-hybridized carbons (Fsp3) is 0.440. The first-order valence-electron chi connectivity index (χ1n) is 12.5. The lowest BCUT2D eigenvalue weighted by atomic mass is 10.1. The van der Waals surface area contributed by atoms with Crippen LogP contribution in [0, 0.1) is 10.1 Å². The van der Waals surface area contributed by atoms with Gasteiger partial charge in [-0.3, -0.25) is 24.0 Å². The minimum absolute atomic E-state index is 0.00173. The molecule has 0 saturated carbocycles. The van der Waals surface area contributed by atoms with Gasteiger partial charge < -0.3 is 19.9 Å². The van der Waals surface area contributed by atoms with Crippen LogP contribution in [0.25, 0.3) is 11.2 Å². The van der Waals surface area contributed by atoms with Crippen molar-refractivity contribution in [1.29, 1.82) is 0 Å². The number of hydrogen-bond acceptors (Lipinski definition) is 8. The van der Waals surface area contributed by atoms with E-state index >= 15 is 0 Å². The standard InChI is InChI=1S/C23H29N7O4.C2HF3O2/c1-16(2)8-12-28-19-20(25-22(28)27-14-10-24-11-15-27)26(3)23(32)29(21(19)31)13-9-17-4-6-18(7-5-17)30(33)34;3-2(4,5)1(6)7/h4-8,24H,9-15H2,1-3H3;(H,6,7). The lowest BCUT2D eigenvalue weighted by molar-refractivity contribution is -0.384. The highest BCUT2D eigenvalue weighted by atomic mass is 19.4. The van der Waals surface area contributed by atoms with Gasteiger partial charge in [0, 0.05) is 58.4 Å². The highest BCUT2D eigenvalue weighted by Gasteiger charge is 2.38. The Kier molecular flexibility index (Phi) is 9.70. The predicted molar refractivity (Wildman–Crippen MR) is 144 cm³/mol. The van der Waals surface area contributed by atoms with Gasteiger partial charge >= 0.3 is 17.8 Å². The third kappa shape index (κ3) is 7.39. The molecular formula is C25H30F3N7O6. The molecule has 2 N–H and O–H groups in total. The number of imidazole rings is 1. The first-order valence-corrected chi connectivity index (χ1v) is 12.5. The molecule has 2 aromatic heterocycles. The number of nitrogens with one attached hydrogen (secondary N) is 1. The number of carboxylic acid groups (broad SMARTS) is 1. The fourth-order valence-electron chi connectivity index (χ4n) is 4.14. The SMILES string of the molecule is CC(C)=CCn1c(N2CCNCC2)nc2c1c(=O)n(CCc1ccc([N+](=O)[O-])cc1)c(=O)n2C.O=C(O)C(F)(F)F. The summed E-state index contributed by atoms with van der Waals surface area (Å²) < 4.78 is 36.3. The van der Waals surface area contributed by atoms with Crippen LogP contribution in [0.3, 0.4) is 0 Å². The summed E-state index contributed by atoms with van der Waals surface area (Å²) in [6, 6.07) is 6.14. The Hall–Kier alpha value is -4.47. The molecule has 0 atom stereocenters. The summed E-state index contributed by atoms with van der Waals surface area (Å²) in [4.78, 5) is 52.9. The van der Waals surface area contributed by atoms with Crippen molar-refractivity contribution in [2.45, 2.75) is 39.5 Å². The third-order valence-electron chi connectivity index (χ3n) is 6.31. The molecule has 1 aromatic carbocycles. The number of nitro benzene ring substituents is 1. The van der Waals surface area contributed by atoms with Crippen molar-refractivity contribution in [3.05, 3.63) is 72.4 Å². The molecule has 222 valence electrons. The van der Waals surface area contributed by atoms with Gasteiger partial charge in [-0.1, -0.05) is 23.8 Å². The maximum Gasteiger partial charge on any atom is 0.490 e. The summed E-state index contributed by atoms with van der Waals surface area (Å²) >= 11 is 0. The molecule has 1 aliphatic rings. The van der Waals surface area contributed by atoms with Gasteiger partial charge in [-0.05, 0) is 25.8 Å². The van der Waals surface area contributed by atoms with Crippen LogP contribution in [-0.2, 0) is 31.4 Å². The van der Waals surface area contributed by atoms with Crippen LogP contribution >= 0.6 is 0 Å². The maximum absolute atomic E-state index is 13.6. The van der Waals surface area contributed by atoms with Gasteiger partial charge in [-0.15, -0.1) is 0 Å². The Morgan fingerprint density at radius 1 is 1.15 bits per heavy atom. The lowest BCUT2D eigenvalue weighted by Crippen LogP contribution is -2.44. The second kappa shape index (κ2) is 12.8. The van der Waals surface area contributed by atoms with Crippen molar-refractivity contribution in [2.75, 3.05) is 31.1 Å². The molecule has 3 aromatic rings. The zero-order valence-corrected chi connectivity index (χ0v) is 22.6. The summed E-state index contributed by atoms with van der Waals surface area (Å²) in [6.07, 6.45) is -2.65. The van der Waals surface area contributed by atoms with Crippen molar-refractivity contribution < 1.29 is 28.0 Å². The normalized spacial score (nSPS) is 13.5. The molecule has 0 radical (unpaired) electrons. The van der Waals surface area contributed by atoms with E-state index in [1.807, 2.05) is 24.5 Å². The van der Waals surface area contributed by atoms with Crippen LogP contribution in [0.1, 0.15) is 19.4 Å². The van der Waals surface area contributed by atoms with Crippen LogP contribution in [0.15, 0.2) is 45.5 Å². The number of alkyl halides is 3. The first kappa shape index (κ1) is 31.1. The van der Waals surface area contributed by atoms with E-state index in [2.05, 4.69) is 10.2 Å². The van der Waals surface area contributed by atoms with E-state index in [1.165, 1.54) is 21.3 Å². The second-order valence-electron chi connectivity index (χ2n) is 9.49. The van der Waals surface area contributed by atoms with Crippen LogP contribution in [-0.4, -0.2) is 67.0 Å². The third-order valence-corrected chi connectivity index (χ3v) is 6.31. The van der Waals surface area contributed by atoms with Crippen LogP contribution in [0.2, 0.25) is 0 Å². The molecule has 3 heterocycles. The number of nitrogens with zero attached hydrogens (tertiary/aromatic N) is 6. The zero-order chi connectivity index (χ0) is 30.5.